The summed E-state index contributed by atoms with van der Waals surface area (Å²) < 4.78 is 2.07. The van der Waals surface area contributed by atoms with Crippen molar-refractivity contribution < 1.29 is 0 Å². The summed E-state index contributed by atoms with van der Waals surface area (Å²) in [5.41, 5.74) is 4.44. The molecule has 2 aromatic heterocycles. The van der Waals surface area contributed by atoms with Gasteiger partial charge in [0.05, 0.1) is 0 Å². The number of aryl methyl sites for hydroxylation is 3. The fourth-order valence-electron chi connectivity index (χ4n) is 1.45. The maximum Gasteiger partial charge on any atom is 0.182 e. The third kappa shape index (κ3) is 0.719. The zero-order valence-electron chi connectivity index (χ0n) is 7.79. The van der Waals surface area contributed by atoms with Crippen molar-refractivity contribution in [2.24, 2.45) is 14.1 Å². The highest BCUT2D eigenvalue weighted by Gasteiger charge is 2.11. The van der Waals surface area contributed by atoms with E-state index in [-0.39, 0.29) is 0 Å². The van der Waals surface area contributed by atoms with E-state index < -0.39 is 0 Å². The minimum atomic E-state index is 0.965. The van der Waals surface area contributed by atoms with Gasteiger partial charge in [0.25, 0.3) is 0 Å². The topological polar surface area (TPSA) is 35.6 Å². The molecule has 0 spiro atoms. The van der Waals surface area contributed by atoms with Gasteiger partial charge >= 0.3 is 0 Å². The molecule has 0 amide bonds. The number of aromatic nitrogens is 4. The van der Waals surface area contributed by atoms with Gasteiger partial charge in [-0.15, -0.1) is 5.10 Å². The molecule has 12 heavy (non-hydrogen) atoms. The van der Waals surface area contributed by atoms with Crippen LogP contribution in [0.25, 0.3) is 11.2 Å². The standard InChI is InChI=1S/C8H12N4/c1-5-6(2)11(3)8-7(5)9-12(4)10-8/h1-4H3. The van der Waals surface area contributed by atoms with Gasteiger partial charge < -0.3 is 4.57 Å². The highest BCUT2D eigenvalue weighted by Crippen LogP contribution is 2.19. The van der Waals surface area contributed by atoms with E-state index in [1.807, 2.05) is 14.1 Å². The molecular formula is C8H12N4. The Labute approximate surface area is 70.8 Å². The van der Waals surface area contributed by atoms with E-state index in [0.717, 1.165) is 11.2 Å². The molecule has 0 N–H and O–H groups in total. The summed E-state index contributed by atoms with van der Waals surface area (Å²) in [7, 11) is 3.86. The Morgan fingerprint density at radius 2 is 1.75 bits per heavy atom. The Morgan fingerprint density at radius 1 is 1.08 bits per heavy atom. The second kappa shape index (κ2) is 2.09. The van der Waals surface area contributed by atoms with Crippen LogP contribution in [0.4, 0.5) is 0 Å². The maximum absolute atomic E-state index is 4.28. The number of hydrogen-bond donors (Lipinski definition) is 0. The Bertz CT molecular complexity index is 398. The molecule has 4 nitrogen and oxygen atoms in total. The van der Waals surface area contributed by atoms with Crippen molar-refractivity contribution in [2.45, 2.75) is 13.8 Å². The van der Waals surface area contributed by atoms with Crippen LogP contribution in [-0.4, -0.2) is 19.6 Å². The van der Waals surface area contributed by atoms with E-state index >= 15 is 0 Å². The number of nitrogens with zero attached hydrogens (tertiary/aromatic N) is 4. The first-order valence-corrected chi connectivity index (χ1v) is 3.94. The van der Waals surface area contributed by atoms with E-state index in [2.05, 4.69) is 28.6 Å². The molecule has 4 heteroatoms. The fraction of sp³-hybridized carbons (Fsp3) is 0.500. The van der Waals surface area contributed by atoms with Crippen molar-refractivity contribution in [1.29, 1.82) is 0 Å². The zero-order valence-corrected chi connectivity index (χ0v) is 7.79. The third-order valence-corrected chi connectivity index (χ3v) is 2.41. The van der Waals surface area contributed by atoms with Crippen LogP contribution in [0.15, 0.2) is 0 Å². The maximum atomic E-state index is 4.28. The van der Waals surface area contributed by atoms with Crippen LogP contribution >= 0.6 is 0 Å². The molecule has 0 unspecified atom stereocenters. The summed E-state index contributed by atoms with van der Waals surface area (Å²) in [6.45, 7) is 4.16. The molecule has 0 aromatic carbocycles. The lowest BCUT2D eigenvalue weighted by atomic mass is 10.3. The summed E-state index contributed by atoms with van der Waals surface area (Å²) in [6, 6.07) is 0. The summed E-state index contributed by atoms with van der Waals surface area (Å²) in [4.78, 5) is 1.61. The van der Waals surface area contributed by atoms with E-state index in [1.165, 1.54) is 11.3 Å². The number of fused-ring (bicyclic) bond motifs is 1. The molecule has 2 heterocycles. The largest absolute Gasteiger partial charge is 0.330 e. The zero-order chi connectivity index (χ0) is 8.88. The Morgan fingerprint density at radius 3 is 2.33 bits per heavy atom. The monoisotopic (exact) mass is 164 g/mol. The first-order chi connectivity index (χ1) is 5.61. The molecule has 0 saturated heterocycles. The van der Waals surface area contributed by atoms with E-state index in [0.29, 0.717) is 0 Å². The average Bonchev–Trinajstić information content (AvgIpc) is 2.49. The Balaban J connectivity index is 2.95. The van der Waals surface area contributed by atoms with Gasteiger partial charge in [-0.25, -0.2) is 0 Å². The van der Waals surface area contributed by atoms with Gasteiger partial charge in [-0.05, 0) is 19.4 Å². The van der Waals surface area contributed by atoms with Gasteiger partial charge in [0.2, 0.25) is 0 Å². The molecule has 0 bridgehead atoms. The van der Waals surface area contributed by atoms with Crippen molar-refractivity contribution >= 4 is 11.2 Å². The van der Waals surface area contributed by atoms with Crippen LogP contribution in [0.1, 0.15) is 11.3 Å². The average molecular weight is 164 g/mol. The lowest BCUT2D eigenvalue weighted by Gasteiger charge is -1.95. The minimum Gasteiger partial charge on any atom is -0.330 e. The fourth-order valence-corrected chi connectivity index (χ4v) is 1.45. The smallest absolute Gasteiger partial charge is 0.182 e. The van der Waals surface area contributed by atoms with Gasteiger partial charge in [-0.1, -0.05) is 0 Å². The van der Waals surface area contributed by atoms with Gasteiger partial charge in [0, 0.05) is 19.8 Å². The summed E-state index contributed by atoms with van der Waals surface area (Å²) in [5.74, 6) is 0. The molecule has 0 fully saturated rings. The van der Waals surface area contributed by atoms with Crippen LogP contribution in [0, 0.1) is 13.8 Å². The van der Waals surface area contributed by atoms with Crippen LogP contribution < -0.4 is 0 Å². The molecule has 0 radical (unpaired) electrons. The third-order valence-electron chi connectivity index (χ3n) is 2.41. The van der Waals surface area contributed by atoms with Crippen molar-refractivity contribution in [3.8, 4) is 0 Å². The van der Waals surface area contributed by atoms with Gasteiger partial charge in [-0.3, -0.25) is 0 Å². The highest BCUT2D eigenvalue weighted by molar-refractivity contribution is 5.76. The quantitative estimate of drug-likeness (QED) is 0.580. The van der Waals surface area contributed by atoms with Gasteiger partial charge in [-0.2, -0.15) is 9.90 Å². The molecule has 2 rings (SSSR count). The summed E-state index contributed by atoms with van der Waals surface area (Å²) in [5, 5.41) is 8.54. The normalized spacial score (nSPS) is 11.3. The molecule has 0 saturated carbocycles. The minimum absolute atomic E-state index is 0.965. The number of hydrogen-bond acceptors (Lipinski definition) is 2. The first kappa shape index (κ1) is 7.34. The van der Waals surface area contributed by atoms with Crippen molar-refractivity contribution in [1.82, 2.24) is 19.6 Å². The van der Waals surface area contributed by atoms with Crippen molar-refractivity contribution in [3.05, 3.63) is 11.3 Å². The van der Waals surface area contributed by atoms with E-state index in [9.17, 15) is 0 Å². The summed E-state index contributed by atoms with van der Waals surface area (Å²) in [6.07, 6.45) is 0. The Hall–Kier alpha value is -1.32. The van der Waals surface area contributed by atoms with E-state index in [1.54, 1.807) is 4.80 Å². The SMILES string of the molecule is Cc1c(C)n(C)c2nn(C)nc12. The molecule has 0 atom stereocenters. The van der Waals surface area contributed by atoms with E-state index in [4.69, 9.17) is 0 Å². The molecule has 0 aliphatic rings. The van der Waals surface area contributed by atoms with Gasteiger partial charge in [0.1, 0.15) is 5.52 Å². The van der Waals surface area contributed by atoms with Crippen LogP contribution in [0.3, 0.4) is 0 Å². The predicted molar refractivity (Wildman–Crippen MR) is 47.0 cm³/mol. The molecular weight excluding hydrogens is 152 g/mol. The molecule has 0 aliphatic carbocycles. The summed E-state index contributed by atoms with van der Waals surface area (Å²) >= 11 is 0. The highest BCUT2D eigenvalue weighted by atomic mass is 15.5. The predicted octanol–water partition coefficient (Wildman–Crippen LogP) is 0.924. The second-order valence-corrected chi connectivity index (χ2v) is 3.13. The van der Waals surface area contributed by atoms with Crippen molar-refractivity contribution in [2.75, 3.05) is 0 Å². The lowest BCUT2D eigenvalue weighted by molar-refractivity contribution is 0.656. The number of rotatable bonds is 0. The van der Waals surface area contributed by atoms with Crippen LogP contribution in [0.2, 0.25) is 0 Å². The van der Waals surface area contributed by atoms with Crippen LogP contribution in [0.5, 0.6) is 0 Å². The van der Waals surface area contributed by atoms with Gasteiger partial charge in [0.15, 0.2) is 5.65 Å². The van der Waals surface area contributed by atoms with Crippen molar-refractivity contribution in [3.63, 3.8) is 0 Å². The van der Waals surface area contributed by atoms with Crippen LogP contribution in [-0.2, 0) is 14.1 Å². The molecule has 2 aromatic rings. The molecule has 0 aliphatic heterocycles. The second-order valence-electron chi connectivity index (χ2n) is 3.13. The lowest BCUT2D eigenvalue weighted by Crippen LogP contribution is -1.97. The first-order valence-electron chi connectivity index (χ1n) is 3.94. The Kier molecular flexibility index (Phi) is 1.28. The molecule has 64 valence electrons.